The Morgan fingerprint density at radius 1 is 1.35 bits per heavy atom. The standard InChI is InChI=1S/C16H22N2O2/c17-16(19)15(18-10-12-4-3-9-20-12)14-6-2-1-5-13(14)11-7-8-11/h1-2,5-6,11-12,15,18H,3-4,7-10H2,(H2,17,19). The topological polar surface area (TPSA) is 64.4 Å². The number of benzene rings is 1. The van der Waals surface area contributed by atoms with Crippen molar-refractivity contribution in [2.75, 3.05) is 13.2 Å². The molecule has 2 atom stereocenters. The Bertz CT molecular complexity index is 479. The molecule has 3 N–H and O–H groups in total. The number of nitrogens with two attached hydrogens (primary N) is 1. The highest BCUT2D eigenvalue weighted by molar-refractivity contribution is 5.82. The van der Waals surface area contributed by atoms with Crippen molar-refractivity contribution in [1.29, 1.82) is 0 Å². The Morgan fingerprint density at radius 3 is 2.80 bits per heavy atom. The third kappa shape index (κ3) is 3.02. The van der Waals surface area contributed by atoms with Crippen LogP contribution in [0.1, 0.15) is 48.8 Å². The van der Waals surface area contributed by atoms with Gasteiger partial charge in [-0.2, -0.15) is 0 Å². The summed E-state index contributed by atoms with van der Waals surface area (Å²) in [5, 5.41) is 3.30. The van der Waals surface area contributed by atoms with E-state index in [0.717, 1.165) is 25.0 Å². The predicted octanol–water partition coefficient (Wildman–Crippen LogP) is 1.86. The molecule has 108 valence electrons. The van der Waals surface area contributed by atoms with Gasteiger partial charge in [-0.05, 0) is 42.7 Å². The van der Waals surface area contributed by atoms with Gasteiger partial charge < -0.3 is 10.5 Å². The molecule has 1 saturated heterocycles. The molecule has 1 aromatic carbocycles. The number of hydrogen-bond acceptors (Lipinski definition) is 3. The fourth-order valence-electron chi connectivity index (χ4n) is 2.96. The largest absolute Gasteiger partial charge is 0.377 e. The molecule has 1 aliphatic carbocycles. The third-order valence-corrected chi connectivity index (χ3v) is 4.18. The molecular formula is C16H22N2O2. The molecule has 0 radical (unpaired) electrons. The smallest absolute Gasteiger partial charge is 0.239 e. The van der Waals surface area contributed by atoms with Crippen LogP contribution in [0.3, 0.4) is 0 Å². The third-order valence-electron chi connectivity index (χ3n) is 4.18. The number of nitrogens with one attached hydrogen (secondary N) is 1. The van der Waals surface area contributed by atoms with Gasteiger partial charge in [-0.3, -0.25) is 10.1 Å². The molecule has 2 aliphatic rings. The van der Waals surface area contributed by atoms with E-state index in [1.165, 1.54) is 18.4 Å². The monoisotopic (exact) mass is 274 g/mol. The van der Waals surface area contributed by atoms with Crippen molar-refractivity contribution in [2.24, 2.45) is 5.73 Å². The molecule has 4 nitrogen and oxygen atoms in total. The molecule has 1 amide bonds. The number of hydrogen-bond donors (Lipinski definition) is 2. The van der Waals surface area contributed by atoms with E-state index in [0.29, 0.717) is 12.5 Å². The summed E-state index contributed by atoms with van der Waals surface area (Å²) in [5.74, 6) is 0.300. The van der Waals surface area contributed by atoms with Crippen molar-refractivity contribution in [3.05, 3.63) is 35.4 Å². The number of primary amides is 1. The minimum atomic E-state index is -0.406. The van der Waals surface area contributed by atoms with Crippen LogP contribution in [0, 0.1) is 0 Å². The summed E-state index contributed by atoms with van der Waals surface area (Å²) in [7, 11) is 0. The first-order valence-electron chi connectivity index (χ1n) is 7.49. The van der Waals surface area contributed by atoms with Gasteiger partial charge in [0.15, 0.2) is 0 Å². The predicted molar refractivity (Wildman–Crippen MR) is 77.3 cm³/mol. The van der Waals surface area contributed by atoms with Gasteiger partial charge in [-0.25, -0.2) is 0 Å². The summed E-state index contributed by atoms with van der Waals surface area (Å²) in [6.45, 7) is 1.51. The maximum atomic E-state index is 11.8. The second-order valence-electron chi connectivity index (χ2n) is 5.78. The number of carbonyl (C=O) groups excluding carboxylic acids is 1. The SMILES string of the molecule is NC(=O)C(NCC1CCCO1)c1ccccc1C1CC1. The molecule has 2 fully saturated rings. The van der Waals surface area contributed by atoms with Crippen molar-refractivity contribution in [2.45, 2.75) is 43.7 Å². The Balaban J connectivity index is 1.74. The number of carbonyl (C=O) groups is 1. The van der Waals surface area contributed by atoms with Crippen LogP contribution in [0.4, 0.5) is 0 Å². The summed E-state index contributed by atoms with van der Waals surface area (Å²) < 4.78 is 5.59. The quantitative estimate of drug-likeness (QED) is 0.832. The highest BCUT2D eigenvalue weighted by Crippen LogP contribution is 2.42. The van der Waals surface area contributed by atoms with E-state index in [1.807, 2.05) is 18.2 Å². The molecule has 1 aliphatic heterocycles. The van der Waals surface area contributed by atoms with E-state index in [4.69, 9.17) is 10.5 Å². The fraction of sp³-hybridized carbons (Fsp3) is 0.562. The molecule has 0 bridgehead atoms. The van der Waals surface area contributed by atoms with Crippen LogP contribution < -0.4 is 11.1 Å². The second kappa shape index (κ2) is 5.94. The maximum Gasteiger partial charge on any atom is 0.239 e. The Morgan fingerprint density at radius 2 is 2.15 bits per heavy atom. The van der Waals surface area contributed by atoms with Crippen molar-refractivity contribution >= 4 is 5.91 Å². The van der Waals surface area contributed by atoms with E-state index in [1.54, 1.807) is 0 Å². The molecule has 0 aromatic heterocycles. The lowest BCUT2D eigenvalue weighted by Gasteiger charge is -2.21. The lowest BCUT2D eigenvalue weighted by atomic mass is 9.96. The molecule has 2 unspecified atom stereocenters. The number of amides is 1. The second-order valence-corrected chi connectivity index (χ2v) is 5.78. The summed E-state index contributed by atoms with van der Waals surface area (Å²) in [4.78, 5) is 11.8. The lowest BCUT2D eigenvalue weighted by molar-refractivity contribution is -0.120. The molecule has 1 heterocycles. The zero-order valence-corrected chi connectivity index (χ0v) is 11.7. The first-order valence-corrected chi connectivity index (χ1v) is 7.49. The average molecular weight is 274 g/mol. The number of ether oxygens (including phenoxy) is 1. The van der Waals surface area contributed by atoms with Gasteiger partial charge >= 0.3 is 0 Å². The first-order chi connectivity index (χ1) is 9.75. The molecular weight excluding hydrogens is 252 g/mol. The van der Waals surface area contributed by atoms with Gasteiger partial charge in [0, 0.05) is 13.2 Å². The van der Waals surface area contributed by atoms with Crippen LogP contribution in [0.5, 0.6) is 0 Å². The van der Waals surface area contributed by atoms with Crippen molar-refractivity contribution in [1.82, 2.24) is 5.32 Å². The maximum absolute atomic E-state index is 11.8. The van der Waals surface area contributed by atoms with Crippen LogP contribution in [0.25, 0.3) is 0 Å². The zero-order chi connectivity index (χ0) is 13.9. The Labute approximate surface area is 119 Å². The minimum absolute atomic E-state index is 0.213. The summed E-state index contributed by atoms with van der Waals surface area (Å²) in [5.41, 5.74) is 7.92. The van der Waals surface area contributed by atoms with E-state index in [2.05, 4.69) is 11.4 Å². The van der Waals surface area contributed by atoms with E-state index in [9.17, 15) is 4.79 Å². The van der Waals surface area contributed by atoms with Crippen LogP contribution in [0.2, 0.25) is 0 Å². The van der Waals surface area contributed by atoms with Crippen molar-refractivity contribution in [3.8, 4) is 0 Å². The minimum Gasteiger partial charge on any atom is -0.377 e. The normalized spacial score (nSPS) is 23.7. The van der Waals surface area contributed by atoms with Gasteiger partial charge in [0.05, 0.1) is 6.10 Å². The van der Waals surface area contributed by atoms with Gasteiger partial charge in [-0.1, -0.05) is 24.3 Å². The van der Waals surface area contributed by atoms with Gasteiger partial charge in [0.1, 0.15) is 6.04 Å². The van der Waals surface area contributed by atoms with Crippen LogP contribution in [-0.2, 0) is 9.53 Å². The first kappa shape index (κ1) is 13.6. The molecule has 3 rings (SSSR count). The van der Waals surface area contributed by atoms with Gasteiger partial charge in [-0.15, -0.1) is 0 Å². The van der Waals surface area contributed by atoms with Gasteiger partial charge in [0.2, 0.25) is 5.91 Å². The Kier molecular flexibility index (Phi) is 4.03. The summed E-state index contributed by atoms with van der Waals surface area (Å²) >= 11 is 0. The van der Waals surface area contributed by atoms with Crippen LogP contribution >= 0.6 is 0 Å². The van der Waals surface area contributed by atoms with E-state index >= 15 is 0 Å². The van der Waals surface area contributed by atoms with Crippen molar-refractivity contribution in [3.63, 3.8) is 0 Å². The summed E-state index contributed by atoms with van der Waals surface area (Å²) in [6.07, 6.45) is 4.81. The zero-order valence-electron chi connectivity index (χ0n) is 11.7. The number of rotatable bonds is 6. The highest BCUT2D eigenvalue weighted by atomic mass is 16.5. The van der Waals surface area contributed by atoms with Gasteiger partial charge in [0.25, 0.3) is 0 Å². The molecule has 0 spiro atoms. The molecule has 1 saturated carbocycles. The molecule has 1 aromatic rings. The molecule has 20 heavy (non-hydrogen) atoms. The van der Waals surface area contributed by atoms with Crippen LogP contribution in [-0.4, -0.2) is 25.2 Å². The molecule has 4 heteroatoms. The summed E-state index contributed by atoms with van der Waals surface area (Å²) in [6, 6.07) is 7.75. The van der Waals surface area contributed by atoms with Crippen LogP contribution in [0.15, 0.2) is 24.3 Å². The van der Waals surface area contributed by atoms with E-state index < -0.39 is 6.04 Å². The Hall–Kier alpha value is -1.39. The van der Waals surface area contributed by atoms with Crippen molar-refractivity contribution < 1.29 is 9.53 Å². The highest BCUT2D eigenvalue weighted by Gasteiger charge is 2.30. The average Bonchev–Trinajstić information content (AvgIpc) is 3.16. The lowest BCUT2D eigenvalue weighted by Crippen LogP contribution is -2.38. The fourth-order valence-corrected chi connectivity index (χ4v) is 2.96. The van der Waals surface area contributed by atoms with E-state index in [-0.39, 0.29) is 12.0 Å².